The monoisotopic (exact) mass is 219 g/mol. The van der Waals surface area contributed by atoms with E-state index in [2.05, 4.69) is 6.58 Å². The number of hydrogen-bond donors (Lipinski definition) is 1. The predicted octanol–water partition coefficient (Wildman–Crippen LogP) is 2.42. The van der Waals surface area contributed by atoms with Gasteiger partial charge in [-0.2, -0.15) is 0 Å². The van der Waals surface area contributed by atoms with Crippen LogP contribution in [0.3, 0.4) is 0 Å². The molecule has 1 atom stereocenters. The Bertz CT molecular complexity index is 401. The van der Waals surface area contributed by atoms with Crippen molar-refractivity contribution < 1.29 is 9.47 Å². The van der Waals surface area contributed by atoms with Crippen LogP contribution >= 0.6 is 0 Å². The quantitative estimate of drug-likeness (QED) is 0.794. The van der Waals surface area contributed by atoms with Gasteiger partial charge < -0.3 is 15.2 Å². The van der Waals surface area contributed by atoms with Gasteiger partial charge in [-0.25, -0.2) is 0 Å². The van der Waals surface area contributed by atoms with Gasteiger partial charge in [-0.3, -0.25) is 0 Å². The van der Waals surface area contributed by atoms with Crippen molar-refractivity contribution in [1.82, 2.24) is 0 Å². The van der Waals surface area contributed by atoms with E-state index in [1.165, 1.54) is 0 Å². The lowest BCUT2D eigenvalue weighted by molar-refractivity contribution is 0.171. The smallest absolute Gasteiger partial charge is 0.161 e. The first-order valence-electron chi connectivity index (χ1n) is 5.46. The molecule has 0 spiro atoms. The third-order valence-corrected chi connectivity index (χ3v) is 2.56. The summed E-state index contributed by atoms with van der Waals surface area (Å²) in [6, 6.07) is 5.85. The lowest BCUT2D eigenvalue weighted by atomic mass is 10.0. The molecule has 0 unspecified atom stereocenters. The van der Waals surface area contributed by atoms with E-state index < -0.39 is 0 Å². The van der Waals surface area contributed by atoms with Gasteiger partial charge in [0.25, 0.3) is 0 Å². The molecular weight excluding hydrogens is 202 g/mol. The number of benzene rings is 1. The Morgan fingerprint density at radius 3 is 2.75 bits per heavy atom. The number of hydrogen-bond acceptors (Lipinski definition) is 3. The normalized spacial score (nSPS) is 15.6. The highest BCUT2D eigenvalue weighted by atomic mass is 16.6. The van der Waals surface area contributed by atoms with Crippen LogP contribution in [0.4, 0.5) is 0 Å². The largest absolute Gasteiger partial charge is 0.486 e. The van der Waals surface area contributed by atoms with Gasteiger partial charge in [0.15, 0.2) is 11.5 Å². The van der Waals surface area contributed by atoms with Crippen molar-refractivity contribution in [3.63, 3.8) is 0 Å². The molecule has 3 heteroatoms. The molecule has 0 radical (unpaired) electrons. The van der Waals surface area contributed by atoms with Crippen molar-refractivity contribution in [1.29, 1.82) is 0 Å². The fourth-order valence-electron chi connectivity index (χ4n) is 1.78. The van der Waals surface area contributed by atoms with Crippen LogP contribution in [0.1, 0.15) is 24.9 Å². The Morgan fingerprint density at radius 1 is 1.38 bits per heavy atom. The molecule has 0 aromatic heterocycles. The first-order valence-corrected chi connectivity index (χ1v) is 5.46. The van der Waals surface area contributed by atoms with E-state index in [1.54, 1.807) is 0 Å². The maximum atomic E-state index is 6.07. The third kappa shape index (κ3) is 2.36. The Morgan fingerprint density at radius 2 is 2.06 bits per heavy atom. The molecule has 0 aliphatic carbocycles. The minimum atomic E-state index is -0.0201. The third-order valence-electron chi connectivity index (χ3n) is 2.56. The van der Waals surface area contributed by atoms with E-state index in [9.17, 15) is 0 Å². The Hall–Kier alpha value is -1.48. The molecule has 16 heavy (non-hydrogen) atoms. The molecule has 1 aliphatic rings. The zero-order chi connectivity index (χ0) is 11.5. The van der Waals surface area contributed by atoms with Crippen LogP contribution in [0.5, 0.6) is 11.5 Å². The van der Waals surface area contributed by atoms with Gasteiger partial charge in [-0.05, 0) is 31.0 Å². The van der Waals surface area contributed by atoms with Gasteiger partial charge in [0.05, 0.1) is 0 Å². The van der Waals surface area contributed by atoms with Crippen LogP contribution in [0.2, 0.25) is 0 Å². The topological polar surface area (TPSA) is 44.5 Å². The molecular formula is C13H17NO2. The Balaban J connectivity index is 2.19. The molecule has 1 aromatic carbocycles. The first-order chi connectivity index (χ1) is 7.66. The van der Waals surface area contributed by atoms with Crippen LogP contribution in [-0.4, -0.2) is 13.2 Å². The molecule has 2 N–H and O–H groups in total. The summed E-state index contributed by atoms with van der Waals surface area (Å²) < 4.78 is 11.0. The summed E-state index contributed by atoms with van der Waals surface area (Å²) in [5, 5.41) is 0. The minimum absolute atomic E-state index is 0.0201. The van der Waals surface area contributed by atoms with Crippen molar-refractivity contribution in [2.75, 3.05) is 13.2 Å². The molecule has 1 heterocycles. The van der Waals surface area contributed by atoms with Crippen LogP contribution in [0.15, 0.2) is 30.4 Å². The van der Waals surface area contributed by atoms with E-state index in [0.29, 0.717) is 13.2 Å². The van der Waals surface area contributed by atoms with Gasteiger partial charge >= 0.3 is 0 Å². The second-order valence-corrected chi connectivity index (χ2v) is 4.17. The zero-order valence-corrected chi connectivity index (χ0v) is 9.53. The molecule has 0 bridgehead atoms. The molecule has 3 nitrogen and oxygen atoms in total. The minimum Gasteiger partial charge on any atom is -0.486 e. The number of fused-ring (bicyclic) bond motifs is 1. The van der Waals surface area contributed by atoms with E-state index in [-0.39, 0.29) is 6.04 Å². The summed E-state index contributed by atoms with van der Waals surface area (Å²) in [5.74, 6) is 1.60. The van der Waals surface area contributed by atoms with Crippen molar-refractivity contribution in [3.05, 3.63) is 35.9 Å². The van der Waals surface area contributed by atoms with Gasteiger partial charge in [-0.1, -0.05) is 11.6 Å². The standard InChI is InChI=1S/C13H17NO2/c1-9(2)7-11(14)10-3-4-12-13(8-10)16-6-5-15-12/h3-4,8,11H,1,5-7,14H2,2H3/t11-/m0/s1. The van der Waals surface area contributed by atoms with E-state index in [1.807, 2.05) is 25.1 Å². The molecule has 2 rings (SSSR count). The number of rotatable bonds is 3. The summed E-state index contributed by atoms with van der Waals surface area (Å²) in [6.45, 7) is 7.07. The van der Waals surface area contributed by atoms with E-state index in [0.717, 1.165) is 29.1 Å². The Labute approximate surface area is 95.9 Å². The SMILES string of the molecule is C=C(C)C[C@H](N)c1ccc2c(c1)OCCO2. The fourth-order valence-corrected chi connectivity index (χ4v) is 1.78. The van der Waals surface area contributed by atoms with Crippen molar-refractivity contribution >= 4 is 0 Å². The van der Waals surface area contributed by atoms with Gasteiger partial charge in [0.2, 0.25) is 0 Å². The highest BCUT2D eigenvalue weighted by molar-refractivity contribution is 5.44. The predicted molar refractivity (Wildman–Crippen MR) is 63.8 cm³/mol. The average Bonchev–Trinajstić information content (AvgIpc) is 2.27. The maximum absolute atomic E-state index is 6.07. The molecule has 0 saturated carbocycles. The van der Waals surface area contributed by atoms with Crippen LogP contribution in [0, 0.1) is 0 Å². The first kappa shape index (κ1) is 11.0. The van der Waals surface area contributed by atoms with Crippen molar-refractivity contribution in [3.8, 4) is 11.5 Å². The summed E-state index contributed by atoms with van der Waals surface area (Å²) >= 11 is 0. The maximum Gasteiger partial charge on any atom is 0.161 e. The fraction of sp³-hybridized carbons (Fsp3) is 0.385. The molecule has 1 aromatic rings. The van der Waals surface area contributed by atoms with E-state index in [4.69, 9.17) is 15.2 Å². The highest BCUT2D eigenvalue weighted by Crippen LogP contribution is 2.33. The molecule has 86 valence electrons. The Kier molecular flexibility index (Phi) is 3.15. The summed E-state index contributed by atoms with van der Waals surface area (Å²) in [6.07, 6.45) is 0.791. The molecule has 1 aliphatic heterocycles. The lowest BCUT2D eigenvalue weighted by Gasteiger charge is -2.20. The summed E-state index contributed by atoms with van der Waals surface area (Å²) in [4.78, 5) is 0. The second kappa shape index (κ2) is 4.58. The van der Waals surface area contributed by atoms with Crippen molar-refractivity contribution in [2.45, 2.75) is 19.4 Å². The summed E-state index contributed by atoms with van der Waals surface area (Å²) in [7, 11) is 0. The average molecular weight is 219 g/mol. The summed E-state index contributed by atoms with van der Waals surface area (Å²) in [5.41, 5.74) is 8.22. The van der Waals surface area contributed by atoms with Gasteiger partial charge in [-0.15, -0.1) is 6.58 Å². The van der Waals surface area contributed by atoms with E-state index >= 15 is 0 Å². The lowest BCUT2D eigenvalue weighted by Crippen LogP contribution is -2.16. The number of nitrogens with two attached hydrogens (primary N) is 1. The molecule has 0 amide bonds. The second-order valence-electron chi connectivity index (χ2n) is 4.17. The van der Waals surface area contributed by atoms with Crippen LogP contribution in [-0.2, 0) is 0 Å². The van der Waals surface area contributed by atoms with Crippen LogP contribution < -0.4 is 15.2 Å². The van der Waals surface area contributed by atoms with Gasteiger partial charge in [0.1, 0.15) is 13.2 Å². The number of ether oxygens (including phenoxy) is 2. The molecule has 0 fully saturated rings. The zero-order valence-electron chi connectivity index (χ0n) is 9.53. The van der Waals surface area contributed by atoms with Crippen LogP contribution in [0.25, 0.3) is 0 Å². The molecule has 0 saturated heterocycles. The van der Waals surface area contributed by atoms with Crippen molar-refractivity contribution in [2.24, 2.45) is 5.73 Å². The highest BCUT2D eigenvalue weighted by Gasteiger charge is 2.14. The van der Waals surface area contributed by atoms with Gasteiger partial charge in [0, 0.05) is 6.04 Å².